The summed E-state index contributed by atoms with van der Waals surface area (Å²) in [7, 11) is 0. The van der Waals surface area contributed by atoms with Crippen molar-refractivity contribution in [1.29, 1.82) is 0 Å². The van der Waals surface area contributed by atoms with E-state index in [0.717, 1.165) is 36.4 Å². The van der Waals surface area contributed by atoms with Gasteiger partial charge in [-0.25, -0.2) is 9.97 Å². The Kier molecular flexibility index (Phi) is 4.71. The molecule has 0 aliphatic heterocycles. The quantitative estimate of drug-likeness (QED) is 0.816. The van der Waals surface area contributed by atoms with E-state index in [9.17, 15) is 0 Å². The summed E-state index contributed by atoms with van der Waals surface area (Å²) in [6, 6.07) is 8.15. The van der Waals surface area contributed by atoms with E-state index in [-0.39, 0.29) is 0 Å². The molecule has 0 saturated carbocycles. The molecule has 18 heavy (non-hydrogen) atoms. The molecule has 0 radical (unpaired) electrons. The molecule has 0 N–H and O–H groups in total. The third-order valence-electron chi connectivity index (χ3n) is 2.98. The van der Waals surface area contributed by atoms with E-state index < -0.39 is 0 Å². The Bertz CT molecular complexity index is 497. The first-order chi connectivity index (χ1) is 8.79. The lowest BCUT2D eigenvalue weighted by atomic mass is 9.99. The second-order valence-corrected chi connectivity index (χ2v) is 4.80. The first-order valence-electron chi connectivity index (χ1n) is 6.31. The molecule has 0 fully saturated rings. The first kappa shape index (κ1) is 13.0. The molecular weight excluding hydrogens is 244 g/mol. The Morgan fingerprint density at radius 3 is 2.67 bits per heavy atom. The summed E-state index contributed by atoms with van der Waals surface area (Å²) in [6.45, 7) is 2.20. The third kappa shape index (κ3) is 3.54. The highest BCUT2D eigenvalue weighted by Gasteiger charge is 2.04. The summed E-state index contributed by atoms with van der Waals surface area (Å²) in [5.74, 6) is 0. The molecule has 0 bridgehead atoms. The largest absolute Gasteiger partial charge is 0.245 e. The SMILES string of the molecule is CCCc1ccc(Cl)cc1CCc1ccncn1. The van der Waals surface area contributed by atoms with Crippen LogP contribution in [0.25, 0.3) is 0 Å². The summed E-state index contributed by atoms with van der Waals surface area (Å²) < 4.78 is 0. The maximum Gasteiger partial charge on any atom is 0.115 e. The highest BCUT2D eigenvalue weighted by atomic mass is 35.5. The van der Waals surface area contributed by atoms with Gasteiger partial charge < -0.3 is 0 Å². The zero-order chi connectivity index (χ0) is 12.8. The van der Waals surface area contributed by atoms with Crippen molar-refractivity contribution in [3.05, 3.63) is 58.6 Å². The molecular formula is C15H17ClN2. The van der Waals surface area contributed by atoms with E-state index in [1.54, 1.807) is 12.5 Å². The fraction of sp³-hybridized carbons (Fsp3) is 0.333. The number of nitrogens with zero attached hydrogens (tertiary/aromatic N) is 2. The Morgan fingerprint density at radius 2 is 1.94 bits per heavy atom. The number of halogens is 1. The Morgan fingerprint density at radius 1 is 1.06 bits per heavy atom. The summed E-state index contributed by atoms with van der Waals surface area (Å²) in [5.41, 5.74) is 3.81. The van der Waals surface area contributed by atoms with Crippen molar-refractivity contribution in [2.75, 3.05) is 0 Å². The fourth-order valence-electron chi connectivity index (χ4n) is 2.07. The molecule has 1 aromatic heterocycles. The predicted octanol–water partition coefficient (Wildman–Crippen LogP) is 3.87. The highest BCUT2D eigenvalue weighted by molar-refractivity contribution is 6.30. The molecule has 1 aromatic carbocycles. The molecule has 0 unspecified atom stereocenters. The van der Waals surface area contributed by atoms with Crippen LogP contribution in [0, 0.1) is 0 Å². The summed E-state index contributed by atoms with van der Waals surface area (Å²) in [4.78, 5) is 8.18. The summed E-state index contributed by atoms with van der Waals surface area (Å²) >= 11 is 6.07. The van der Waals surface area contributed by atoms with Gasteiger partial charge >= 0.3 is 0 Å². The van der Waals surface area contributed by atoms with Crippen molar-refractivity contribution in [2.24, 2.45) is 0 Å². The van der Waals surface area contributed by atoms with Gasteiger partial charge in [-0.2, -0.15) is 0 Å². The van der Waals surface area contributed by atoms with Crippen LogP contribution in [0.2, 0.25) is 5.02 Å². The standard InChI is InChI=1S/C15H17ClN2/c1-2-3-12-4-6-14(16)10-13(12)5-7-15-8-9-17-11-18-15/h4,6,8-11H,2-3,5,7H2,1H3. The van der Waals surface area contributed by atoms with Crippen molar-refractivity contribution in [3.63, 3.8) is 0 Å². The Balaban J connectivity index is 2.10. The predicted molar refractivity (Wildman–Crippen MR) is 74.9 cm³/mol. The van der Waals surface area contributed by atoms with Crippen molar-refractivity contribution in [1.82, 2.24) is 9.97 Å². The third-order valence-corrected chi connectivity index (χ3v) is 3.22. The molecule has 2 rings (SSSR count). The van der Waals surface area contributed by atoms with Crippen molar-refractivity contribution >= 4 is 11.6 Å². The van der Waals surface area contributed by atoms with E-state index in [1.807, 2.05) is 12.1 Å². The molecule has 0 spiro atoms. The average Bonchev–Trinajstić information content (AvgIpc) is 2.40. The lowest BCUT2D eigenvalue weighted by Crippen LogP contribution is -1.99. The van der Waals surface area contributed by atoms with Crippen LogP contribution in [0.4, 0.5) is 0 Å². The van der Waals surface area contributed by atoms with Gasteiger partial charge in [0.1, 0.15) is 6.33 Å². The smallest absolute Gasteiger partial charge is 0.115 e. The molecule has 3 heteroatoms. The molecule has 2 aromatic rings. The highest BCUT2D eigenvalue weighted by Crippen LogP contribution is 2.19. The van der Waals surface area contributed by atoms with Crippen LogP contribution in [0.1, 0.15) is 30.2 Å². The Labute approximate surface area is 113 Å². The molecule has 0 saturated heterocycles. The Hall–Kier alpha value is -1.41. The van der Waals surface area contributed by atoms with Crippen molar-refractivity contribution in [2.45, 2.75) is 32.6 Å². The molecule has 0 aliphatic rings. The van der Waals surface area contributed by atoms with Gasteiger partial charge in [0.05, 0.1) is 0 Å². The van der Waals surface area contributed by atoms with Crippen LogP contribution in [0.15, 0.2) is 36.8 Å². The van der Waals surface area contributed by atoms with Crippen LogP contribution in [0.3, 0.4) is 0 Å². The van der Waals surface area contributed by atoms with Crippen LogP contribution >= 0.6 is 11.6 Å². The van der Waals surface area contributed by atoms with Gasteiger partial charge in [-0.1, -0.05) is 31.0 Å². The fourth-order valence-corrected chi connectivity index (χ4v) is 2.26. The number of rotatable bonds is 5. The van der Waals surface area contributed by atoms with Crippen LogP contribution in [0.5, 0.6) is 0 Å². The molecule has 1 heterocycles. The van der Waals surface area contributed by atoms with Gasteiger partial charge in [0.25, 0.3) is 0 Å². The zero-order valence-corrected chi connectivity index (χ0v) is 11.3. The number of benzene rings is 1. The minimum atomic E-state index is 0.813. The number of hydrogen-bond donors (Lipinski definition) is 0. The van der Waals surface area contributed by atoms with E-state index in [2.05, 4.69) is 29.0 Å². The lowest BCUT2D eigenvalue weighted by Gasteiger charge is -2.09. The van der Waals surface area contributed by atoms with Gasteiger partial charge in [0, 0.05) is 16.9 Å². The maximum atomic E-state index is 6.07. The second kappa shape index (κ2) is 6.50. The van der Waals surface area contributed by atoms with E-state index in [0.29, 0.717) is 0 Å². The molecule has 2 nitrogen and oxygen atoms in total. The molecule has 0 aliphatic carbocycles. The number of aryl methyl sites for hydroxylation is 3. The van der Waals surface area contributed by atoms with Crippen LogP contribution in [-0.2, 0) is 19.3 Å². The molecule has 0 atom stereocenters. The minimum Gasteiger partial charge on any atom is -0.245 e. The van der Waals surface area contributed by atoms with Gasteiger partial charge in [-0.05, 0) is 48.6 Å². The van der Waals surface area contributed by atoms with Gasteiger partial charge in [-0.15, -0.1) is 0 Å². The molecule has 94 valence electrons. The second-order valence-electron chi connectivity index (χ2n) is 4.36. The normalized spacial score (nSPS) is 10.6. The van der Waals surface area contributed by atoms with Crippen molar-refractivity contribution in [3.8, 4) is 0 Å². The maximum absolute atomic E-state index is 6.07. The first-order valence-corrected chi connectivity index (χ1v) is 6.69. The molecule has 0 amide bonds. The number of aromatic nitrogens is 2. The topological polar surface area (TPSA) is 25.8 Å². The van der Waals surface area contributed by atoms with Crippen LogP contribution < -0.4 is 0 Å². The lowest BCUT2D eigenvalue weighted by molar-refractivity contribution is 0.856. The average molecular weight is 261 g/mol. The monoisotopic (exact) mass is 260 g/mol. The van der Waals surface area contributed by atoms with E-state index in [4.69, 9.17) is 11.6 Å². The minimum absolute atomic E-state index is 0.813. The number of hydrogen-bond acceptors (Lipinski definition) is 2. The van der Waals surface area contributed by atoms with Gasteiger partial charge in [0.2, 0.25) is 0 Å². The van der Waals surface area contributed by atoms with Crippen LogP contribution in [-0.4, -0.2) is 9.97 Å². The zero-order valence-electron chi connectivity index (χ0n) is 10.6. The van der Waals surface area contributed by atoms with Gasteiger partial charge in [0.15, 0.2) is 0 Å². The van der Waals surface area contributed by atoms with Gasteiger partial charge in [-0.3, -0.25) is 0 Å². The van der Waals surface area contributed by atoms with E-state index >= 15 is 0 Å². The summed E-state index contributed by atoms with van der Waals surface area (Å²) in [5, 5.41) is 0.813. The van der Waals surface area contributed by atoms with Crippen molar-refractivity contribution < 1.29 is 0 Å². The summed E-state index contributed by atoms with van der Waals surface area (Å²) in [6.07, 6.45) is 7.55. The van der Waals surface area contributed by atoms with E-state index in [1.165, 1.54) is 11.1 Å².